The quantitative estimate of drug-likeness (QED) is 0.0647. The topological polar surface area (TPSA) is 118 Å². The molecule has 0 amide bonds. The molecule has 9 heteroatoms. The van der Waals surface area contributed by atoms with Gasteiger partial charge in [-0.25, -0.2) is 14.4 Å². The van der Waals surface area contributed by atoms with E-state index in [1.807, 2.05) is 48.5 Å². The first kappa shape index (κ1) is 35.3. The fourth-order valence-corrected chi connectivity index (χ4v) is 4.01. The van der Waals surface area contributed by atoms with Crippen LogP contribution in [0.5, 0.6) is 17.2 Å². The highest BCUT2D eigenvalue weighted by atomic mass is 16.5. The summed E-state index contributed by atoms with van der Waals surface area (Å²) >= 11 is 0. The molecule has 46 heavy (non-hydrogen) atoms. The van der Waals surface area contributed by atoms with E-state index >= 15 is 0 Å². The third-order valence-electron chi connectivity index (χ3n) is 6.54. The van der Waals surface area contributed by atoms with Crippen molar-refractivity contribution in [2.45, 2.75) is 32.1 Å². The average Bonchev–Trinajstić information content (AvgIpc) is 3.08. The van der Waals surface area contributed by atoms with Gasteiger partial charge >= 0.3 is 17.9 Å². The van der Waals surface area contributed by atoms with Gasteiger partial charge < -0.3 is 28.8 Å². The second-order valence-corrected chi connectivity index (χ2v) is 10.1. The first-order valence-electron chi connectivity index (χ1n) is 15.1. The van der Waals surface area contributed by atoms with Gasteiger partial charge in [-0.1, -0.05) is 49.6 Å². The lowest BCUT2D eigenvalue weighted by Crippen LogP contribution is -2.10. The van der Waals surface area contributed by atoms with Gasteiger partial charge in [0.15, 0.2) is 0 Å². The molecule has 9 nitrogen and oxygen atoms in total. The van der Waals surface area contributed by atoms with E-state index in [4.69, 9.17) is 28.8 Å². The maximum atomic E-state index is 12.3. The zero-order chi connectivity index (χ0) is 33.0. The van der Waals surface area contributed by atoms with E-state index in [1.165, 1.54) is 6.08 Å². The second-order valence-electron chi connectivity index (χ2n) is 10.1. The number of ether oxygens (including phenoxy) is 5. The van der Waals surface area contributed by atoms with Gasteiger partial charge in [0.05, 0.1) is 38.6 Å². The van der Waals surface area contributed by atoms with Crippen LogP contribution in [0.25, 0.3) is 17.2 Å². The molecule has 3 aromatic carbocycles. The number of carbonyl (C=O) groups is 3. The number of aliphatic hydroxyl groups excluding tert-OH is 1. The number of carbonyl (C=O) groups excluding carboxylic acids is 3. The molecule has 0 spiro atoms. The molecule has 3 aromatic rings. The van der Waals surface area contributed by atoms with Gasteiger partial charge in [0, 0.05) is 18.6 Å². The van der Waals surface area contributed by atoms with Crippen molar-refractivity contribution in [2.24, 2.45) is 0 Å². The highest BCUT2D eigenvalue weighted by molar-refractivity contribution is 5.89. The first-order chi connectivity index (χ1) is 22.4. The number of hydrogen-bond donors (Lipinski definition) is 1. The zero-order valence-electron chi connectivity index (χ0n) is 25.9. The summed E-state index contributed by atoms with van der Waals surface area (Å²) in [5.41, 5.74) is 2.86. The van der Waals surface area contributed by atoms with Crippen LogP contribution in [0.3, 0.4) is 0 Å². The van der Waals surface area contributed by atoms with Gasteiger partial charge in [-0.2, -0.15) is 0 Å². The molecule has 0 aliphatic carbocycles. The van der Waals surface area contributed by atoms with Crippen molar-refractivity contribution in [1.29, 1.82) is 0 Å². The van der Waals surface area contributed by atoms with E-state index in [-0.39, 0.29) is 12.2 Å². The fraction of sp³-hybridized carbons (Fsp3) is 0.270. The molecule has 0 saturated carbocycles. The molecule has 0 bridgehead atoms. The smallest absolute Gasteiger partial charge is 0.336 e. The van der Waals surface area contributed by atoms with E-state index in [0.717, 1.165) is 54.2 Å². The summed E-state index contributed by atoms with van der Waals surface area (Å²) in [4.78, 5) is 34.8. The SMILES string of the molecule is C=CC(=O)OCCCOc1ccc(/C=C/C(=O)Oc2ccc(-c3ccc(OCCCCCCOC(=O)C(=C)CO)cc3)cc2)cc1. The van der Waals surface area contributed by atoms with Crippen LogP contribution in [0.1, 0.15) is 37.7 Å². The van der Waals surface area contributed by atoms with Crippen LogP contribution in [0.2, 0.25) is 0 Å². The Labute approximate surface area is 269 Å². The van der Waals surface area contributed by atoms with Crippen LogP contribution >= 0.6 is 0 Å². The summed E-state index contributed by atoms with van der Waals surface area (Å²) < 4.78 is 26.8. The van der Waals surface area contributed by atoms with Gasteiger partial charge in [0.2, 0.25) is 0 Å². The van der Waals surface area contributed by atoms with Crippen LogP contribution in [0, 0.1) is 0 Å². The third-order valence-corrected chi connectivity index (χ3v) is 6.54. The standard InChI is InChI=1S/C37H40O9/c1-3-35(39)44-26-8-25-43-32-16-9-29(10-17-32)11-22-36(40)46-34-20-14-31(15-21-34)30-12-18-33(19-13-30)42-23-6-4-5-7-24-45-37(41)28(2)27-38/h3,9-22,38H,1-2,4-8,23-27H2/b22-11+. The molecule has 3 rings (SSSR count). The minimum atomic E-state index is -0.551. The number of hydrogen-bond acceptors (Lipinski definition) is 9. The molecule has 0 saturated heterocycles. The van der Waals surface area contributed by atoms with Gasteiger partial charge in [-0.15, -0.1) is 0 Å². The Hall–Kier alpha value is -5.15. The summed E-state index contributed by atoms with van der Waals surface area (Å²) in [6, 6.07) is 22.3. The normalized spacial score (nSPS) is 10.6. The maximum Gasteiger partial charge on any atom is 0.336 e. The van der Waals surface area contributed by atoms with E-state index in [0.29, 0.717) is 37.7 Å². The van der Waals surface area contributed by atoms with E-state index in [1.54, 1.807) is 30.3 Å². The van der Waals surface area contributed by atoms with E-state index < -0.39 is 24.5 Å². The Morgan fingerprint density at radius 3 is 1.74 bits per heavy atom. The lowest BCUT2D eigenvalue weighted by molar-refractivity contribution is -0.140. The van der Waals surface area contributed by atoms with Gasteiger partial charge in [0.1, 0.15) is 17.2 Å². The minimum Gasteiger partial charge on any atom is -0.494 e. The predicted octanol–water partition coefficient (Wildman–Crippen LogP) is 6.50. The summed E-state index contributed by atoms with van der Waals surface area (Å²) in [7, 11) is 0. The van der Waals surface area contributed by atoms with Crippen molar-refractivity contribution in [3.8, 4) is 28.4 Å². The number of unbranched alkanes of at least 4 members (excludes halogenated alkanes) is 3. The van der Waals surface area contributed by atoms with Gasteiger partial charge in [-0.05, 0) is 84.8 Å². The van der Waals surface area contributed by atoms with Gasteiger partial charge in [-0.3, -0.25) is 0 Å². The van der Waals surface area contributed by atoms with Crippen LogP contribution in [0.4, 0.5) is 0 Å². The Balaban J connectivity index is 1.33. The Kier molecular flexibility index (Phi) is 15.4. The monoisotopic (exact) mass is 628 g/mol. The molecule has 0 fully saturated rings. The van der Waals surface area contributed by atoms with Crippen molar-refractivity contribution in [1.82, 2.24) is 0 Å². The summed E-state index contributed by atoms with van der Waals surface area (Å²) in [5, 5.41) is 8.85. The van der Waals surface area contributed by atoms with Crippen molar-refractivity contribution >= 4 is 24.0 Å². The van der Waals surface area contributed by atoms with Crippen molar-refractivity contribution in [2.75, 3.05) is 33.0 Å². The van der Waals surface area contributed by atoms with Crippen molar-refractivity contribution < 1.29 is 43.2 Å². The van der Waals surface area contributed by atoms with Crippen LogP contribution in [-0.2, 0) is 23.9 Å². The molecule has 0 aliphatic rings. The van der Waals surface area contributed by atoms with Crippen molar-refractivity contribution in [3.63, 3.8) is 0 Å². The fourth-order valence-electron chi connectivity index (χ4n) is 4.01. The number of aliphatic hydroxyl groups is 1. The molecule has 0 heterocycles. The lowest BCUT2D eigenvalue weighted by Gasteiger charge is -2.08. The molecule has 0 atom stereocenters. The maximum absolute atomic E-state index is 12.3. The zero-order valence-corrected chi connectivity index (χ0v) is 25.9. The molecular formula is C37H40O9. The first-order valence-corrected chi connectivity index (χ1v) is 15.1. The molecule has 0 aromatic heterocycles. The summed E-state index contributed by atoms with van der Waals surface area (Å²) in [5.74, 6) is 0.397. The Bertz CT molecular complexity index is 1440. The second kappa shape index (κ2) is 20.0. The average molecular weight is 629 g/mol. The molecule has 0 unspecified atom stereocenters. The number of benzene rings is 3. The highest BCUT2D eigenvalue weighted by Crippen LogP contribution is 2.25. The number of esters is 3. The number of rotatable bonds is 20. The van der Waals surface area contributed by atoms with Crippen LogP contribution in [-0.4, -0.2) is 56.0 Å². The highest BCUT2D eigenvalue weighted by Gasteiger charge is 2.07. The van der Waals surface area contributed by atoms with E-state index in [2.05, 4.69) is 13.2 Å². The molecule has 242 valence electrons. The lowest BCUT2D eigenvalue weighted by atomic mass is 10.1. The molecule has 1 N–H and O–H groups in total. The van der Waals surface area contributed by atoms with E-state index in [9.17, 15) is 14.4 Å². The predicted molar refractivity (Wildman–Crippen MR) is 175 cm³/mol. The third kappa shape index (κ3) is 13.2. The van der Waals surface area contributed by atoms with Gasteiger partial charge in [0.25, 0.3) is 0 Å². The molecule has 0 aliphatic heterocycles. The van der Waals surface area contributed by atoms with Crippen LogP contribution < -0.4 is 14.2 Å². The molecule has 0 radical (unpaired) electrons. The van der Waals surface area contributed by atoms with Crippen molar-refractivity contribution in [3.05, 3.63) is 109 Å². The summed E-state index contributed by atoms with van der Waals surface area (Å²) in [6.45, 7) is 7.96. The minimum absolute atomic E-state index is 0.0642. The molecular weight excluding hydrogens is 588 g/mol. The largest absolute Gasteiger partial charge is 0.494 e. The Morgan fingerprint density at radius 2 is 1.15 bits per heavy atom. The van der Waals surface area contributed by atoms with Crippen LogP contribution in [0.15, 0.2) is 104 Å². The summed E-state index contributed by atoms with van der Waals surface area (Å²) in [6.07, 6.45) is 8.21. The Morgan fingerprint density at radius 1 is 0.630 bits per heavy atom.